The number of benzene rings is 2. The van der Waals surface area contributed by atoms with Crippen molar-refractivity contribution in [3.8, 4) is 11.4 Å². The number of hydrogen-bond acceptors (Lipinski definition) is 4. The van der Waals surface area contributed by atoms with Gasteiger partial charge in [-0.2, -0.15) is 0 Å². The number of fused-ring (bicyclic) bond motifs is 1. The molecule has 3 aromatic rings. The lowest BCUT2D eigenvalue weighted by Crippen LogP contribution is -2.43. The van der Waals surface area contributed by atoms with Crippen LogP contribution in [0.3, 0.4) is 0 Å². The largest absolute Gasteiger partial charge is 0.381 e. The number of carbonyl (C=O) groups is 1. The highest BCUT2D eigenvalue weighted by molar-refractivity contribution is 5.95. The number of nitrogens with zero attached hydrogens (tertiary/aromatic N) is 1. The molecule has 1 saturated heterocycles. The lowest BCUT2D eigenvalue weighted by molar-refractivity contribution is -0.119. The van der Waals surface area contributed by atoms with Gasteiger partial charge in [0.25, 0.3) is 0 Å². The van der Waals surface area contributed by atoms with Gasteiger partial charge in [-0.3, -0.25) is 4.79 Å². The number of nitrogens with two attached hydrogens (primary N) is 1. The third kappa shape index (κ3) is 5.07. The number of anilines is 1. The summed E-state index contributed by atoms with van der Waals surface area (Å²) >= 11 is 0. The molecule has 30 heavy (non-hydrogen) atoms. The minimum atomic E-state index is -0.940. The van der Waals surface area contributed by atoms with E-state index in [9.17, 15) is 13.6 Å². The zero-order chi connectivity index (χ0) is 19.7. The first-order valence-corrected chi connectivity index (χ1v) is 9.10. The maximum atomic E-state index is 13.4. The molecule has 162 valence electrons. The molecule has 6 nitrogen and oxygen atoms in total. The van der Waals surface area contributed by atoms with Gasteiger partial charge in [-0.25, -0.2) is 13.8 Å². The summed E-state index contributed by atoms with van der Waals surface area (Å²) in [5.41, 5.74) is 8.18. The number of nitrogens with one attached hydrogen (secondary N) is 2. The van der Waals surface area contributed by atoms with Gasteiger partial charge in [0.2, 0.25) is 5.91 Å². The van der Waals surface area contributed by atoms with E-state index in [2.05, 4.69) is 15.3 Å². The van der Waals surface area contributed by atoms with Gasteiger partial charge in [-0.1, -0.05) is 0 Å². The Bertz CT molecular complexity index is 969. The zero-order valence-corrected chi connectivity index (χ0v) is 17.5. The van der Waals surface area contributed by atoms with Gasteiger partial charge in [0.15, 0.2) is 11.6 Å². The van der Waals surface area contributed by atoms with Gasteiger partial charge in [0.05, 0.1) is 17.1 Å². The molecule has 1 fully saturated rings. The van der Waals surface area contributed by atoms with Crippen LogP contribution in [0.15, 0.2) is 36.4 Å². The Morgan fingerprint density at radius 3 is 2.43 bits per heavy atom. The number of imidazole rings is 1. The van der Waals surface area contributed by atoms with Crippen LogP contribution in [0, 0.1) is 17.6 Å². The molecule has 4 N–H and O–H groups in total. The van der Waals surface area contributed by atoms with E-state index in [-0.39, 0.29) is 36.6 Å². The molecular weight excluding hydrogens is 437 g/mol. The van der Waals surface area contributed by atoms with Crippen molar-refractivity contribution >= 4 is 47.4 Å². The van der Waals surface area contributed by atoms with Gasteiger partial charge >= 0.3 is 0 Å². The molecule has 0 bridgehead atoms. The third-order valence-corrected chi connectivity index (χ3v) is 5.03. The van der Waals surface area contributed by atoms with Crippen LogP contribution in [0.5, 0.6) is 0 Å². The van der Waals surface area contributed by atoms with Gasteiger partial charge < -0.3 is 20.8 Å². The van der Waals surface area contributed by atoms with Crippen LogP contribution in [0.1, 0.15) is 12.8 Å². The standard InChI is InChI=1S/C20H20F2N4O2.2ClH/c21-14-9-16-17(10-15(14)22)26-19(25-16)12-1-3-13(4-2-12)24-20(27)18(23)11-5-7-28-8-6-11;;/h1-4,9-11,18H,5-8,23H2,(H,24,27)(H,25,26);2*1H. The molecule has 1 aliphatic rings. The van der Waals surface area contributed by atoms with Gasteiger partial charge in [-0.15, -0.1) is 24.8 Å². The minimum absolute atomic E-state index is 0. The first kappa shape index (κ1) is 24.0. The van der Waals surface area contributed by atoms with E-state index in [4.69, 9.17) is 10.5 Å². The number of carbonyl (C=O) groups excluding carboxylic acids is 1. The van der Waals surface area contributed by atoms with Crippen molar-refractivity contribution < 1.29 is 18.3 Å². The maximum Gasteiger partial charge on any atom is 0.241 e. The van der Waals surface area contributed by atoms with E-state index >= 15 is 0 Å². The summed E-state index contributed by atoms with van der Waals surface area (Å²) in [6.45, 7) is 1.26. The molecular formula is C20H22Cl2F2N4O2. The van der Waals surface area contributed by atoms with E-state index in [1.165, 1.54) is 0 Å². The number of halogens is 4. The molecule has 2 aromatic carbocycles. The quantitative estimate of drug-likeness (QED) is 0.549. The van der Waals surface area contributed by atoms with Crippen LogP contribution in [-0.2, 0) is 9.53 Å². The van der Waals surface area contributed by atoms with Crippen molar-refractivity contribution in [1.29, 1.82) is 0 Å². The Hall–Kier alpha value is -2.26. The fraction of sp³-hybridized carbons (Fsp3) is 0.300. The number of aromatic amines is 1. The lowest BCUT2D eigenvalue weighted by Gasteiger charge is -2.26. The maximum absolute atomic E-state index is 13.4. The number of ether oxygens (including phenoxy) is 1. The molecule has 1 aliphatic heterocycles. The van der Waals surface area contributed by atoms with Crippen molar-refractivity contribution in [2.45, 2.75) is 18.9 Å². The highest BCUT2D eigenvalue weighted by Crippen LogP contribution is 2.24. The van der Waals surface area contributed by atoms with Crippen molar-refractivity contribution in [2.75, 3.05) is 18.5 Å². The van der Waals surface area contributed by atoms with Crippen LogP contribution in [0.2, 0.25) is 0 Å². The summed E-state index contributed by atoms with van der Waals surface area (Å²) in [5.74, 6) is -1.50. The Morgan fingerprint density at radius 1 is 1.13 bits per heavy atom. The number of H-pyrrole nitrogens is 1. The minimum Gasteiger partial charge on any atom is -0.381 e. The van der Waals surface area contributed by atoms with Gasteiger partial charge in [0.1, 0.15) is 5.82 Å². The molecule has 2 heterocycles. The van der Waals surface area contributed by atoms with E-state index < -0.39 is 17.7 Å². The SMILES string of the molecule is Cl.Cl.NC(C(=O)Nc1ccc(-c2nc3cc(F)c(F)cc3[nH]2)cc1)C1CCOCC1. The van der Waals surface area contributed by atoms with Gasteiger partial charge in [-0.05, 0) is 43.0 Å². The van der Waals surface area contributed by atoms with Crippen molar-refractivity contribution in [3.05, 3.63) is 48.0 Å². The summed E-state index contributed by atoms with van der Waals surface area (Å²) < 4.78 is 32.0. The second-order valence-electron chi connectivity index (χ2n) is 6.91. The van der Waals surface area contributed by atoms with E-state index in [0.717, 1.165) is 30.5 Å². The second-order valence-corrected chi connectivity index (χ2v) is 6.91. The lowest BCUT2D eigenvalue weighted by atomic mass is 9.92. The van der Waals surface area contributed by atoms with Crippen molar-refractivity contribution in [2.24, 2.45) is 11.7 Å². The molecule has 0 aliphatic carbocycles. The smallest absolute Gasteiger partial charge is 0.241 e. The average Bonchev–Trinajstić information content (AvgIpc) is 3.11. The summed E-state index contributed by atoms with van der Waals surface area (Å²) in [6.07, 6.45) is 1.56. The summed E-state index contributed by atoms with van der Waals surface area (Å²) in [7, 11) is 0. The fourth-order valence-corrected chi connectivity index (χ4v) is 3.37. The van der Waals surface area contributed by atoms with E-state index in [0.29, 0.717) is 35.8 Å². The molecule has 1 aromatic heterocycles. The van der Waals surface area contributed by atoms with Crippen LogP contribution in [0.25, 0.3) is 22.4 Å². The molecule has 0 saturated carbocycles. The average molecular weight is 459 g/mol. The molecule has 10 heteroatoms. The molecule has 1 atom stereocenters. The fourth-order valence-electron chi connectivity index (χ4n) is 3.37. The zero-order valence-electron chi connectivity index (χ0n) is 15.9. The van der Waals surface area contributed by atoms with Crippen LogP contribution < -0.4 is 11.1 Å². The Balaban J connectivity index is 0.00000160. The van der Waals surface area contributed by atoms with Crippen molar-refractivity contribution in [3.63, 3.8) is 0 Å². The van der Waals surface area contributed by atoms with Crippen LogP contribution >= 0.6 is 24.8 Å². The third-order valence-electron chi connectivity index (χ3n) is 5.03. The Morgan fingerprint density at radius 2 is 1.77 bits per heavy atom. The number of amides is 1. The van der Waals surface area contributed by atoms with Crippen molar-refractivity contribution in [1.82, 2.24) is 9.97 Å². The highest BCUT2D eigenvalue weighted by atomic mass is 35.5. The Labute approximate surface area is 184 Å². The van der Waals surface area contributed by atoms with Gasteiger partial charge in [0, 0.05) is 36.6 Å². The second kappa shape index (κ2) is 10.2. The molecule has 4 rings (SSSR count). The first-order valence-electron chi connectivity index (χ1n) is 9.10. The van der Waals surface area contributed by atoms with E-state index in [1.54, 1.807) is 24.3 Å². The normalized spacial score (nSPS) is 15.2. The summed E-state index contributed by atoms with van der Waals surface area (Å²) in [6, 6.07) is 8.55. The molecule has 0 radical (unpaired) electrons. The highest BCUT2D eigenvalue weighted by Gasteiger charge is 2.26. The predicted octanol–water partition coefficient (Wildman–Crippen LogP) is 4.04. The summed E-state index contributed by atoms with van der Waals surface area (Å²) in [4.78, 5) is 19.6. The molecule has 1 amide bonds. The number of rotatable bonds is 4. The number of hydrogen-bond donors (Lipinski definition) is 3. The first-order chi connectivity index (χ1) is 13.5. The van der Waals surface area contributed by atoms with E-state index in [1.807, 2.05) is 0 Å². The number of aromatic nitrogens is 2. The molecule has 0 spiro atoms. The monoisotopic (exact) mass is 458 g/mol. The molecule has 1 unspecified atom stereocenters. The van der Waals surface area contributed by atoms with Crippen LogP contribution in [-0.4, -0.2) is 35.1 Å². The topological polar surface area (TPSA) is 93.0 Å². The summed E-state index contributed by atoms with van der Waals surface area (Å²) in [5, 5.41) is 2.82. The predicted molar refractivity (Wildman–Crippen MR) is 116 cm³/mol. The van der Waals surface area contributed by atoms with Crippen LogP contribution in [0.4, 0.5) is 14.5 Å². The Kier molecular flexibility index (Phi) is 8.14.